The molecule has 3 heteroatoms. The molecule has 0 radical (unpaired) electrons. The van der Waals surface area contributed by atoms with Crippen LogP contribution in [0.15, 0.2) is 0 Å². The maximum Gasteiger partial charge on any atom is 0.0591 e. The summed E-state index contributed by atoms with van der Waals surface area (Å²) < 4.78 is 5.55. The summed E-state index contributed by atoms with van der Waals surface area (Å²) in [5.74, 6) is 0. The van der Waals surface area contributed by atoms with Crippen molar-refractivity contribution in [2.75, 3.05) is 32.8 Å². The molecule has 1 saturated heterocycles. The fourth-order valence-electron chi connectivity index (χ4n) is 2.30. The Morgan fingerprint density at radius 2 is 1.94 bits per heavy atom. The van der Waals surface area contributed by atoms with Crippen LogP contribution in [0.1, 0.15) is 46.5 Å². The van der Waals surface area contributed by atoms with Crippen LogP contribution in [0.25, 0.3) is 0 Å². The molecule has 0 atom stereocenters. The van der Waals surface area contributed by atoms with Crippen molar-refractivity contribution < 1.29 is 4.74 Å². The van der Waals surface area contributed by atoms with Crippen molar-refractivity contribution in [1.82, 2.24) is 10.2 Å². The van der Waals surface area contributed by atoms with Crippen molar-refractivity contribution in [3.63, 3.8) is 0 Å². The van der Waals surface area contributed by atoms with E-state index in [2.05, 4.69) is 31.0 Å². The third-order valence-corrected chi connectivity index (χ3v) is 3.58. The molecule has 0 aromatic heterocycles. The lowest BCUT2D eigenvalue weighted by Gasteiger charge is -2.35. The van der Waals surface area contributed by atoms with E-state index in [1.165, 1.54) is 38.8 Å². The van der Waals surface area contributed by atoms with Crippen LogP contribution >= 0.6 is 0 Å². The van der Waals surface area contributed by atoms with E-state index < -0.39 is 0 Å². The molecular formula is C14H30N2O. The molecule has 0 unspecified atom stereocenters. The number of rotatable bonds is 8. The zero-order chi connectivity index (χ0) is 12.5. The molecule has 0 bridgehead atoms. The van der Waals surface area contributed by atoms with E-state index >= 15 is 0 Å². The Labute approximate surface area is 107 Å². The van der Waals surface area contributed by atoms with Gasteiger partial charge in [-0.2, -0.15) is 0 Å². The first-order valence-electron chi connectivity index (χ1n) is 7.29. The van der Waals surface area contributed by atoms with E-state index in [9.17, 15) is 0 Å². The molecule has 17 heavy (non-hydrogen) atoms. The molecule has 1 N–H and O–H groups in total. The first kappa shape index (κ1) is 14.9. The van der Waals surface area contributed by atoms with Gasteiger partial charge < -0.3 is 15.0 Å². The summed E-state index contributed by atoms with van der Waals surface area (Å²) in [5, 5.41) is 3.61. The molecule has 3 nitrogen and oxygen atoms in total. The van der Waals surface area contributed by atoms with Gasteiger partial charge in [-0.15, -0.1) is 0 Å². The molecule has 0 saturated carbocycles. The average Bonchev–Trinajstić information content (AvgIpc) is 2.34. The van der Waals surface area contributed by atoms with Gasteiger partial charge in [-0.3, -0.25) is 0 Å². The molecule has 102 valence electrons. The molecule has 0 aromatic carbocycles. The highest BCUT2D eigenvalue weighted by atomic mass is 16.5. The van der Waals surface area contributed by atoms with Gasteiger partial charge in [0.25, 0.3) is 0 Å². The van der Waals surface area contributed by atoms with Crippen molar-refractivity contribution in [1.29, 1.82) is 0 Å². The van der Waals surface area contributed by atoms with Crippen LogP contribution in [-0.4, -0.2) is 49.8 Å². The van der Waals surface area contributed by atoms with Gasteiger partial charge in [-0.25, -0.2) is 0 Å². The second-order valence-corrected chi connectivity index (χ2v) is 5.32. The number of nitrogens with one attached hydrogen (secondary N) is 1. The Morgan fingerprint density at radius 3 is 2.53 bits per heavy atom. The van der Waals surface area contributed by atoms with Crippen LogP contribution < -0.4 is 5.32 Å². The van der Waals surface area contributed by atoms with Crippen molar-refractivity contribution >= 4 is 0 Å². The molecular weight excluding hydrogens is 212 g/mol. The van der Waals surface area contributed by atoms with Crippen molar-refractivity contribution in [3.05, 3.63) is 0 Å². The molecule has 1 aliphatic rings. The first-order valence-corrected chi connectivity index (χ1v) is 7.29. The van der Waals surface area contributed by atoms with Gasteiger partial charge in [0.15, 0.2) is 0 Å². The van der Waals surface area contributed by atoms with E-state index in [-0.39, 0.29) is 0 Å². The van der Waals surface area contributed by atoms with Gasteiger partial charge in [0.05, 0.1) is 6.61 Å². The predicted octanol–water partition coefficient (Wildman–Crippen LogP) is 2.27. The summed E-state index contributed by atoms with van der Waals surface area (Å²) in [5.41, 5.74) is 0. The van der Waals surface area contributed by atoms with Gasteiger partial charge >= 0.3 is 0 Å². The SMILES string of the molecule is CCCCOCCNC1CCN(C(C)C)CC1. The van der Waals surface area contributed by atoms with E-state index in [4.69, 9.17) is 4.74 Å². The summed E-state index contributed by atoms with van der Waals surface area (Å²) in [6.07, 6.45) is 4.98. The third-order valence-electron chi connectivity index (χ3n) is 3.58. The van der Waals surface area contributed by atoms with Gasteiger partial charge in [-0.05, 0) is 46.2 Å². The first-order chi connectivity index (χ1) is 8.24. The fourth-order valence-corrected chi connectivity index (χ4v) is 2.30. The number of unbranched alkanes of at least 4 members (excludes halogenated alkanes) is 1. The summed E-state index contributed by atoms with van der Waals surface area (Å²) in [4.78, 5) is 2.57. The van der Waals surface area contributed by atoms with Crippen molar-refractivity contribution in [2.45, 2.75) is 58.5 Å². The molecule has 0 aromatic rings. The summed E-state index contributed by atoms with van der Waals surface area (Å²) >= 11 is 0. The van der Waals surface area contributed by atoms with E-state index in [0.717, 1.165) is 19.8 Å². The Morgan fingerprint density at radius 1 is 1.24 bits per heavy atom. The van der Waals surface area contributed by atoms with E-state index in [0.29, 0.717) is 12.1 Å². The highest BCUT2D eigenvalue weighted by Crippen LogP contribution is 2.12. The highest BCUT2D eigenvalue weighted by molar-refractivity contribution is 4.78. The maximum absolute atomic E-state index is 5.55. The number of hydrogen-bond donors (Lipinski definition) is 1. The normalized spacial score (nSPS) is 19.1. The Balaban J connectivity index is 1.95. The minimum Gasteiger partial charge on any atom is -0.380 e. The molecule has 0 aliphatic carbocycles. The van der Waals surface area contributed by atoms with Crippen LogP contribution in [0.4, 0.5) is 0 Å². The molecule has 0 amide bonds. The van der Waals surface area contributed by atoms with Gasteiger partial charge in [0.2, 0.25) is 0 Å². The summed E-state index contributed by atoms with van der Waals surface area (Å²) in [6, 6.07) is 1.41. The number of likely N-dealkylation sites (tertiary alicyclic amines) is 1. The molecule has 1 aliphatic heterocycles. The molecule has 1 fully saturated rings. The standard InChI is InChI=1S/C14H30N2O/c1-4-5-11-17-12-8-15-14-6-9-16(10-7-14)13(2)3/h13-15H,4-12H2,1-3H3. The van der Waals surface area contributed by atoms with Crippen molar-refractivity contribution in [2.24, 2.45) is 0 Å². The lowest BCUT2D eigenvalue weighted by Crippen LogP contribution is -2.45. The Hall–Kier alpha value is -0.120. The number of piperidine rings is 1. The van der Waals surface area contributed by atoms with Crippen molar-refractivity contribution in [3.8, 4) is 0 Å². The zero-order valence-corrected chi connectivity index (χ0v) is 11.9. The average molecular weight is 242 g/mol. The smallest absolute Gasteiger partial charge is 0.0591 e. The van der Waals surface area contributed by atoms with Gasteiger partial charge in [0, 0.05) is 25.2 Å². The predicted molar refractivity (Wildman–Crippen MR) is 73.5 cm³/mol. The molecule has 0 spiro atoms. The third kappa shape index (κ3) is 6.39. The lowest BCUT2D eigenvalue weighted by atomic mass is 10.0. The van der Waals surface area contributed by atoms with Gasteiger partial charge in [-0.1, -0.05) is 13.3 Å². The fraction of sp³-hybridized carbons (Fsp3) is 1.00. The van der Waals surface area contributed by atoms with E-state index in [1.807, 2.05) is 0 Å². The second-order valence-electron chi connectivity index (χ2n) is 5.32. The minimum absolute atomic E-state index is 0.702. The zero-order valence-electron chi connectivity index (χ0n) is 11.9. The van der Waals surface area contributed by atoms with Crippen LogP contribution in [0.2, 0.25) is 0 Å². The topological polar surface area (TPSA) is 24.5 Å². The second kappa shape index (κ2) is 8.90. The molecule has 1 heterocycles. The van der Waals surface area contributed by atoms with Gasteiger partial charge in [0.1, 0.15) is 0 Å². The lowest BCUT2D eigenvalue weighted by molar-refractivity contribution is 0.121. The van der Waals surface area contributed by atoms with Crippen LogP contribution in [0.3, 0.4) is 0 Å². The Bertz CT molecular complexity index is 177. The van der Waals surface area contributed by atoms with Crippen LogP contribution in [-0.2, 0) is 4.74 Å². The van der Waals surface area contributed by atoms with Crippen LogP contribution in [0.5, 0.6) is 0 Å². The monoisotopic (exact) mass is 242 g/mol. The number of hydrogen-bond acceptors (Lipinski definition) is 3. The summed E-state index contributed by atoms with van der Waals surface area (Å²) in [7, 11) is 0. The quantitative estimate of drug-likeness (QED) is 0.661. The Kier molecular flexibility index (Phi) is 7.82. The highest BCUT2D eigenvalue weighted by Gasteiger charge is 2.19. The maximum atomic E-state index is 5.55. The van der Waals surface area contributed by atoms with Crippen LogP contribution in [0, 0.1) is 0 Å². The van der Waals surface area contributed by atoms with E-state index in [1.54, 1.807) is 0 Å². The largest absolute Gasteiger partial charge is 0.380 e. The molecule has 1 rings (SSSR count). The number of nitrogens with zero attached hydrogens (tertiary/aromatic N) is 1. The minimum atomic E-state index is 0.702. The summed E-state index contributed by atoms with van der Waals surface area (Å²) in [6.45, 7) is 12.1. The number of ether oxygens (including phenoxy) is 1.